The van der Waals surface area contributed by atoms with Crippen LogP contribution < -0.4 is 5.73 Å². The van der Waals surface area contributed by atoms with Gasteiger partial charge in [0.05, 0.1) is 5.92 Å². The summed E-state index contributed by atoms with van der Waals surface area (Å²) < 4.78 is 4.68. The summed E-state index contributed by atoms with van der Waals surface area (Å²) in [4.78, 5) is 10.8. The molecule has 0 rings (SSSR count). The Morgan fingerprint density at radius 1 is 1.70 bits per heavy atom. The topological polar surface area (TPSA) is 52.3 Å². The molecule has 0 radical (unpaired) electrons. The second-order valence-corrected chi connectivity index (χ2v) is 2.29. The number of hydrogen-bond donors (Lipinski definition) is 1. The third-order valence-corrected chi connectivity index (χ3v) is 0.956. The van der Waals surface area contributed by atoms with Crippen LogP contribution in [0.25, 0.3) is 0 Å². The van der Waals surface area contributed by atoms with Crippen LogP contribution in [0.15, 0.2) is 12.7 Å². The SMILES string of the molecule is C=CC(N)OC(=O)C(C)C. The van der Waals surface area contributed by atoms with Gasteiger partial charge in [-0.15, -0.1) is 0 Å². The molecule has 1 unspecified atom stereocenters. The van der Waals surface area contributed by atoms with Crippen molar-refractivity contribution in [3.8, 4) is 0 Å². The zero-order valence-corrected chi connectivity index (χ0v) is 6.33. The summed E-state index contributed by atoms with van der Waals surface area (Å²) in [5.74, 6) is -0.432. The van der Waals surface area contributed by atoms with Crippen LogP contribution in [0, 0.1) is 5.92 Å². The van der Waals surface area contributed by atoms with Crippen LogP contribution in [-0.2, 0) is 9.53 Å². The van der Waals surface area contributed by atoms with E-state index in [4.69, 9.17) is 5.73 Å². The lowest BCUT2D eigenvalue weighted by molar-refractivity contribution is -0.150. The third-order valence-electron chi connectivity index (χ3n) is 0.956. The molecule has 0 aromatic carbocycles. The lowest BCUT2D eigenvalue weighted by Gasteiger charge is -2.09. The predicted octanol–water partition coefficient (Wildman–Crippen LogP) is 0.656. The third kappa shape index (κ3) is 3.25. The van der Waals surface area contributed by atoms with Crippen molar-refractivity contribution in [1.82, 2.24) is 0 Å². The van der Waals surface area contributed by atoms with Gasteiger partial charge in [0.1, 0.15) is 0 Å². The van der Waals surface area contributed by atoms with Gasteiger partial charge in [0.25, 0.3) is 0 Å². The highest BCUT2D eigenvalue weighted by molar-refractivity contribution is 5.71. The molecule has 0 aliphatic carbocycles. The fourth-order valence-corrected chi connectivity index (χ4v) is 0.318. The Morgan fingerprint density at radius 2 is 2.20 bits per heavy atom. The fourth-order valence-electron chi connectivity index (χ4n) is 0.318. The Balaban J connectivity index is 3.68. The first-order valence-corrected chi connectivity index (χ1v) is 3.16. The van der Waals surface area contributed by atoms with Crippen molar-refractivity contribution < 1.29 is 9.53 Å². The number of rotatable bonds is 3. The molecule has 0 amide bonds. The standard InChI is InChI=1S/C7H13NO2/c1-4-6(8)10-7(9)5(2)3/h4-6H,1,8H2,2-3H3. The molecule has 0 aliphatic heterocycles. The molecule has 3 heteroatoms. The molecular weight excluding hydrogens is 130 g/mol. The quantitative estimate of drug-likeness (QED) is 0.358. The lowest BCUT2D eigenvalue weighted by Crippen LogP contribution is -2.26. The maximum absolute atomic E-state index is 10.8. The Bertz CT molecular complexity index is 132. The highest BCUT2D eigenvalue weighted by Gasteiger charge is 2.10. The number of carbonyl (C=O) groups is 1. The molecule has 58 valence electrons. The Labute approximate surface area is 60.9 Å². The van der Waals surface area contributed by atoms with E-state index in [1.54, 1.807) is 13.8 Å². The molecule has 0 saturated carbocycles. The molecule has 2 N–H and O–H groups in total. The monoisotopic (exact) mass is 143 g/mol. The van der Waals surface area contributed by atoms with E-state index in [1.165, 1.54) is 6.08 Å². The van der Waals surface area contributed by atoms with Crippen LogP contribution >= 0.6 is 0 Å². The van der Waals surface area contributed by atoms with Crippen LogP contribution in [0.1, 0.15) is 13.8 Å². The largest absolute Gasteiger partial charge is 0.443 e. The molecule has 0 aromatic heterocycles. The molecule has 0 fully saturated rings. The van der Waals surface area contributed by atoms with Crippen molar-refractivity contribution >= 4 is 5.97 Å². The van der Waals surface area contributed by atoms with E-state index in [0.717, 1.165) is 0 Å². The molecule has 0 heterocycles. The number of hydrogen-bond acceptors (Lipinski definition) is 3. The minimum Gasteiger partial charge on any atom is -0.443 e. The maximum Gasteiger partial charge on any atom is 0.310 e. The van der Waals surface area contributed by atoms with Gasteiger partial charge in [-0.2, -0.15) is 0 Å². The van der Waals surface area contributed by atoms with Crippen LogP contribution in [0.5, 0.6) is 0 Å². The van der Waals surface area contributed by atoms with Crippen LogP contribution in [0.3, 0.4) is 0 Å². The van der Waals surface area contributed by atoms with E-state index in [2.05, 4.69) is 11.3 Å². The van der Waals surface area contributed by atoms with E-state index in [-0.39, 0.29) is 11.9 Å². The molecule has 1 atom stereocenters. The summed E-state index contributed by atoms with van der Waals surface area (Å²) >= 11 is 0. The maximum atomic E-state index is 10.8. The first kappa shape index (κ1) is 9.17. The Kier molecular flexibility index (Phi) is 3.72. The van der Waals surface area contributed by atoms with E-state index in [9.17, 15) is 4.79 Å². The second kappa shape index (κ2) is 4.06. The second-order valence-electron chi connectivity index (χ2n) is 2.29. The predicted molar refractivity (Wildman–Crippen MR) is 39.1 cm³/mol. The summed E-state index contributed by atoms with van der Waals surface area (Å²) in [7, 11) is 0. The number of nitrogens with two attached hydrogens (primary N) is 1. The first-order valence-electron chi connectivity index (χ1n) is 3.16. The molecule has 0 aliphatic rings. The van der Waals surface area contributed by atoms with Gasteiger partial charge in [-0.25, -0.2) is 0 Å². The molecule has 0 bridgehead atoms. The minimum absolute atomic E-state index is 0.133. The van der Waals surface area contributed by atoms with E-state index in [1.807, 2.05) is 0 Å². The van der Waals surface area contributed by atoms with Gasteiger partial charge >= 0.3 is 5.97 Å². The Hall–Kier alpha value is -0.830. The molecule has 0 aromatic rings. The summed E-state index contributed by atoms with van der Waals surface area (Å²) in [6.45, 7) is 6.87. The van der Waals surface area contributed by atoms with Gasteiger partial charge in [0, 0.05) is 0 Å². The molecule has 10 heavy (non-hydrogen) atoms. The van der Waals surface area contributed by atoms with E-state index in [0.29, 0.717) is 0 Å². The number of carbonyl (C=O) groups excluding carboxylic acids is 1. The van der Waals surface area contributed by atoms with Crippen molar-refractivity contribution in [2.75, 3.05) is 0 Å². The van der Waals surface area contributed by atoms with E-state index < -0.39 is 6.23 Å². The minimum atomic E-state index is -0.671. The Morgan fingerprint density at radius 3 is 2.50 bits per heavy atom. The van der Waals surface area contributed by atoms with Crippen molar-refractivity contribution in [3.05, 3.63) is 12.7 Å². The van der Waals surface area contributed by atoms with Gasteiger partial charge < -0.3 is 4.74 Å². The highest BCUT2D eigenvalue weighted by Crippen LogP contribution is 1.97. The van der Waals surface area contributed by atoms with Crippen molar-refractivity contribution in [2.45, 2.75) is 20.1 Å². The van der Waals surface area contributed by atoms with Gasteiger partial charge in [-0.1, -0.05) is 20.4 Å². The van der Waals surface area contributed by atoms with Crippen LogP contribution in [-0.4, -0.2) is 12.2 Å². The average molecular weight is 143 g/mol. The smallest absolute Gasteiger partial charge is 0.310 e. The first-order chi connectivity index (χ1) is 4.57. The normalized spacial score (nSPS) is 12.8. The van der Waals surface area contributed by atoms with Gasteiger partial charge in [-0.3, -0.25) is 10.5 Å². The van der Waals surface area contributed by atoms with Crippen molar-refractivity contribution in [1.29, 1.82) is 0 Å². The van der Waals surface area contributed by atoms with Gasteiger partial charge in [-0.05, 0) is 6.08 Å². The highest BCUT2D eigenvalue weighted by atomic mass is 16.6. The molecule has 3 nitrogen and oxygen atoms in total. The number of ether oxygens (including phenoxy) is 1. The summed E-state index contributed by atoms with van der Waals surface area (Å²) in [5, 5.41) is 0. The molecular formula is C7H13NO2. The molecule has 0 spiro atoms. The zero-order chi connectivity index (χ0) is 8.15. The lowest BCUT2D eigenvalue weighted by atomic mass is 10.2. The van der Waals surface area contributed by atoms with Crippen LogP contribution in [0.4, 0.5) is 0 Å². The van der Waals surface area contributed by atoms with Gasteiger partial charge in [0.2, 0.25) is 0 Å². The van der Waals surface area contributed by atoms with Crippen molar-refractivity contribution in [2.24, 2.45) is 11.7 Å². The van der Waals surface area contributed by atoms with Gasteiger partial charge in [0.15, 0.2) is 6.23 Å². The fraction of sp³-hybridized carbons (Fsp3) is 0.571. The van der Waals surface area contributed by atoms with Crippen molar-refractivity contribution in [3.63, 3.8) is 0 Å². The van der Waals surface area contributed by atoms with E-state index >= 15 is 0 Å². The summed E-state index contributed by atoms with van der Waals surface area (Å²) in [6, 6.07) is 0. The zero-order valence-electron chi connectivity index (χ0n) is 6.33. The summed E-state index contributed by atoms with van der Waals surface area (Å²) in [5.41, 5.74) is 5.25. The average Bonchev–Trinajstić information content (AvgIpc) is 1.87. The summed E-state index contributed by atoms with van der Waals surface area (Å²) in [6.07, 6.45) is 0.704. The van der Waals surface area contributed by atoms with Crippen LogP contribution in [0.2, 0.25) is 0 Å². The molecule has 0 saturated heterocycles. The number of esters is 1.